The normalized spacial score (nSPS) is 19.0. The van der Waals surface area contributed by atoms with Gasteiger partial charge in [0.1, 0.15) is 12.4 Å². The van der Waals surface area contributed by atoms with E-state index in [1.807, 2.05) is 20.0 Å². The van der Waals surface area contributed by atoms with E-state index < -0.39 is 5.92 Å². The molecular weight excluding hydrogens is 460 g/mol. The summed E-state index contributed by atoms with van der Waals surface area (Å²) in [4.78, 5) is 18.8. The van der Waals surface area contributed by atoms with Crippen LogP contribution in [0.4, 0.5) is 8.78 Å². The van der Waals surface area contributed by atoms with Crippen molar-refractivity contribution >= 4 is 17.2 Å². The molecule has 1 aliphatic carbocycles. The highest BCUT2D eigenvalue weighted by molar-refractivity contribution is 6.48. The molecule has 0 aromatic carbocycles. The summed E-state index contributed by atoms with van der Waals surface area (Å²) in [6, 6.07) is -0.288. The predicted octanol–water partition coefficient (Wildman–Crippen LogP) is 6.35. The molecule has 1 fully saturated rings. The maximum absolute atomic E-state index is 14.0. The lowest BCUT2D eigenvalue weighted by molar-refractivity contribution is -0.0494. The van der Waals surface area contributed by atoms with Crippen molar-refractivity contribution < 1.29 is 8.78 Å². The molecule has 3 heterocycles. The van der Waals surface area contributed by atoms with Gasteiger partial charge in [-0.2, -0.15) is 5.10 Å². The summed E-state index contributed by atoms with van der Waals surface area (Å²) >= 11 is 0. The molecule has 4 rings (SSSR count). The average molecular weight is 500 g/mol. The Hall–Kier alpha value is -2.71. The average Bonchev–Trinajstić information content (AvgIpc) is 3.48. The second-order valence-corrected chi connectivity index (χ2v) is 10.2. The summed E-state index contributed by atoms with van der Waals surface area (Å²) < 4.78 is 29.7. The second kappa shape index (κ2) is 11.1. The van der Waals surface area contributed by atoms with Crippen LogP contribution in [0.5, 0.6) is 0 Å². The minimum atomic E-state index is -2.60. The zero-order valence-electron chi connectivity index (χ0n) is 22.0. The van der Waals surface area contributed by atoms with Crippen molar-refractivity contribution in [3.63, 3.8) is 0 Å². The Morgan fingerprint density at radius 3 is 2.47 bits per heavy atom. The quantitative estimate of drug-likeness (QED) is 0.391. The van der Waals surface area contributed by atoms with Gasteiger partial charge in [0.05, 0.1) is 40.7 Å². The predicted molar refractivity (Wildman–Crippen MR) is 140 cm³/mol. The van der Waals surface area contributed by atoms with Crippen LogP contribution >= 0.6 is 0 Å². The first-order valence-electron chi connectivity index (χ1n) is 13.4. The maximum atomic E-state index is 14.0. The molecule has 1 atom stereocenters. The van der Waals surface area contributed by atoms with Gasteiger partial charge in [-0.3, -0.25) is 9.98 Å². The third-order valence-corrected chi connectivity index (χ3v) is 7.46. The molecule has 196 valence electrons. The second-order valence-electron chi connectivity index (χ2n) is 10.2. The van der Waals surface area contributed by atoms with Gasteiger partial charge in [-0.15, -0.1) is 0 Å². The van der Waals surface area contributed by atoms with Gasteiger partial charge in [0.15, 0.2) is 0 Å². The maximum Gasteiger partial charge on any atom is 0.251 e. The summed E-state index contributed by atoms with van der Waals surface area (Å²) in [5.41, 5.74) is 5.02. The van der Waals surface area contributed by atoms with Crippen LogP contribution in [0.2, 0.25) is 0 Å². The molecule has 0 bridgehead atoms. The van der Waals surface area contributed by atoms with E-state index in [4.69, 9.17) is 15.1 Å². The Morgan fingerprint density at radius 1 is 1.14 bits per heavy atom. The number of aromatic nitrogens is 4. The van der Waals surface area contributed by atoms with Gasteiger partial charge in [0.2, 0.25) is 5.92 Å². The highest BCUT2D eigenvalue weighted by Gasteiger charge is 2.39. The summed E-state index contributed by atoms with van der Waals surface area (Å²) in [6.07, 6.45) is 7.54. The van der Waals surface area contributed by atoms with Crippen LogP contribution in [0.15, 0.2) is 28.5 Å². The fraction of sp³-hybridized carbons (Fsp3) is 0.667. The van der Waals surface area contributed by atoms with E-state index in [-0.39, 0.29) is 24.8 Å². The molecule has 1 unspecified atom stereocenters. The van der Waals surface area contributed by atoms with Gasteiger partial charge in [0, 0.05) is 18.8 Å². The van der Waals surface area contributed by atoms with E-state index in [1.54, 1.807) is 4.52 Å². The number of hydrogen-bond acceptors (Lipinski definition) is 6. The van der Waals surface area contributed by atoms with E-state index in [0.717, 1.165) is 60.6 Å². The number of imidazole rings is 1. The minimum absolute atomic E-state index is 0.0104. The number of alkyl halides is 2. The molecule has 1 saturated carbocycles. The first kappa shape index (κ1) is 26.4. The zero-order chi connectivity index (χ0) is 25.9. The van der Waals surface area contributed by atoms with Crippen molar-refractivity contribution in [2.75, 3.05) is 6.67 Å². The summed E-state index contributed by atoms with van der Waals surface area (Å²) in [7, 11) is 0. The van der Waals surface area contributed by atoms with Crippen LogP contribution in [0.1, 0.15) is 108 Å². The Morgan fingerprint density at radius 2 is 1.83 bits per heavy atom. The molecule has 0 amide bonds. The number of nitrogens with one attached hydrogen (secondary N) is 1. The molecule has 2 aromatic rings. The number of fused-ring (bicyclic) bond motifs is 1. The molecule has 2 aliphatic rings. The number of nitrogens with zero attached hydrogens (tertiary/aromatic N) is 6. The first-order valence-corrected chi connectivity index (χ1v) is 13.4. The van der Waals surface area contributed by atoms with Gasteiger partial charge in [-0.05, 0) is 44.9 Å². The van der Waals surface area contributed by atoms with Crippen LogP contribution in [-0.4, -0.2) is 43.6 Å². The van der Waals surface area contributed by atoms with Crippen molar-refractivity contribution in [2.45, 2.75) is 103 Å². The van der Waals surface area contributed by atoms with Gasteiger partial charge < -0.3 is 5.32 Å². The summed E-state index contributed by atoms with van der Waals surface area (Å²) in [6.45, 7) is 13.1. The molecule has 0 saturated heterocycles. The van der Waals surface area contributed by atoms with Crippen LogP contribution < -0.4 is 5.32 Å². The first-order chi connectivity index (χ1) is 17.3. The smallest absolute Gasteiger partial charge is 0.251 e. The van der Waals surface area contributed by atoms with Crippen molar-refractivity contribution in [3.05, 3.63) is 35.6 Å². The molecule has 0 spiro atoms. The van der Waals surface area contributed by atoms with Gasteiger partial charge in [0.25, 0.3) is 5.78 Å². The van der Waals surface area contributed by atoms with E-state index in [9.17, 15) is 8.78 Å². The molecule has 1 aliphatic heterocycles. The lowest BCUT2D eigenvalue weighted by Crippen LogP contribution is -2.36. The van der Waals surface area contributed by atoms with E-state index in [2.05, 4.69) is 35.7 Å². The van der Waals surface area contributed by atoms with E-state index >= 15 is 0 Å². The number of aryl methyl sites for hydroxylation is 1. The largest absolute Gasteiger partial charge is 0.375 e. The number of aliphatic imine (C=N–C) groups is 2. The Bertz CT molecular complexity index is 1130. The highest BCUT2D eigenvalue weighted by atomic mass is 19.3. The van der Waals surface area contributed by atoms with Crippen molar-refractivity contribution in [2.24, 2.45) is 15.9 Å². The lowest BCUT2D eigenvalue weighted by atomic mass is 9.81. The number of allylic oxidation sites excluding steroid dienone is 1. The third kappa shape index (κ3) is 5.65. The minimum Gasteiger partial charge on any atom is -0.375 e. The van der Waals surface area contributed by atoms with Crippen molar-refractivity contribution in [1.82, 2.24) is 24.9 Å². The molecule has 7 nitrogen and oxygen atoms in total. The summed E-state index contributed by atoms with van der Waals surface area (Å²) in [5.74, 6) is -1.70. The Labute approximate surface area is 212 Å². The number of rotatable bonds is 11. The van der Waals surface area contributed by atoms with Crippen LogP contribution in [0.3, 0.4) is 0 Å². The standard InChI is InChI=1S/C27H39F2N7/c1-6-9-19(10-7-2)23-18(5)35-36-15-22(33-26(36)34-23)25(20-11-13-27(28,29)14-12-20)32-17(4)24-21(8-3)30-16-31-24/h15,19-20,25,32H,4,6-14,16H2,1-3,5H3. The Balaban J connectivity index is 1.67. The third-order valence-electron chi connectivity index (χ3n) is 7.46. The van der Waals surface area contributed by atoms with Crippen LogP contribution in [-0.2, 0) is 0 Å². The SMILES string of the molecule is C=C(NC(c1cn2nc(C)c(C(CCC)CCC)nc2n1)C1CCC(F)(F)CC1)C1=NCN=C1CC. The number of hydrogen-bond donors (Lipinski definition) is 1. The summed E-state index contributed by atoms with van der Waals surface area (Å²) in [5, 5.41) is 8.30. The lowest BCUT2D eigenvalue weighted by Gasteiger charge is -2.34. The molecule has 1 N–H and O–H groups in total. The molecule has 2 aromatic heterocycles. The molecule has 0 radical (unpaired) electrons. The van der Waals surface area contributed by atoms with Crippen molar-refractivity contribution in [3.8, 4) is 0 Å². The van der Waals surface area contributed by atoms with Gasteiger partial charge >= 0.3 is 0 Å². The van der Waals surface area contributed by atoms with Gasteiger partial charge in [-0.1, -0.05) is 40.2 Å². The van der Waals surface area contributed by atoms with Crippen molar-refractivity contribution in [1.29, 1.82) is 0 Å². The van der Waals surface area contributed by atoms with E-state index in [1.165, 1.54) is 0 Å². The number of halogens is 2. The van der Waals surface area contributed by atoms with Crippen LogP contribution in [0, 0.1) is 12.8 Å². The fourth-order valence-electron chi connectivity index (χ4n) is 5.57. The van der Waals surface area contributed by atoms with Gasteiger partial charge in [-0.25, -0.2) is 23.3 Å². The van der Waals surface area contributed by atoms with E-state index in [0.29, 0.717) is 36.9 Å². The zero-order valence-corrected chi connectivity index (χ0v) is 22.0. The fourth-order valence-corrected chi connectivity index (χ4v) is 5.57. The Kier molecular flexibility index (Phi) is 8.15. The topological polar surface area (TPSA) is 79.8 Å². The molecule has 36 heavy (non-hydrogen) atoms. The van der Waals surface area contributed by atoms with Crippen LogP contribution in [0.25, 0.3) is 5.78 Å². The monoisotopic (exact) mass is 499 g/mol. The molecular formula is C27H39F2N7. The molecule has 9 heteroatoms. The highest BCUT2D eigenvalue weighted by Crippen LogP contribution is 2.41.